The summed E-state index contributed by atoms with van der Waals surface area (Å²) in [4.78, 5) is 27.4. The number of hydrogen-bond donors (Lipinski definition) is 1. The largest absolute Gasteiger partial charge is 0.343 e. The van der Waals surface area contributed by atoms with Gasteiger partial charge in [-0.2, -0.15) is 0 Å². The maximum atomic E-state index is 12.4. The number of nitrogens with two attached hydrogens (primary N) is 1. The quantitative estimate of drug-likeness (QED) is 0.908. The summed E-state index contributed by atoms with van der Waals surface area (Å²) in [6.07, 6.45) is 1.62. The molecular weight excluding hydrogens is 266 g/mol. The van der Waals surface area contributed by atoms with Crippen molar-refractivity contribution in [1.82, 2.24) is 9.80 Å². The molecule has 0 bridgehead atoms. The fourth-order valence-corrected chi connectivity index (χ4v) is 2.73. The molecule has 21 heavy (non-hydrogen) atoms. The molecule has 1 aromatic carbocycles. The van der Waals surface area contributed by atoms with Crippen molar-refractivity contribution in [3.05, 3.63) is 35.9 Å². The summed E-state index contributed by atoms with van der Waals surface area (Å²) in [6.45, 7) is 2.88. The molecule has 0 aromatic heterocycles. The lowest BCUT2D eigenvalue weighted by molar-refractivity contribution is -0.135. The van der Waals surface area contributed by atoms with E-state index in [1.54, 1.807) is 11.8 Å². The van der Waals surface area contributed by atoms with E-state index in [0.29, 0.717) is 13.1 Å². The van der Waals surface area contributed by atoms with E-state index in [0.717, 1.165) is 18.4 Å². The molecular formula is C16H23N3O2. The van der Waals surface area contributed by atoms with Crippen LogP contribution >= 0.6 is 0 Å². The Morgan fingerprint density at radius 3 is 2.33 bits per heavy atom. The summed E-state index contributed by atoms with van der Waals surface area (Å²) in [5, 5.41) is 0. The first kappa shape index (κ1) is 15.5. The molecule has 0 spiro atoms. The molecule has 2 amide bonds. The van der Waals surface area contributed by atoms with Crippen molar-refractivity contribution in [2.75, 3.05) is 20.1 Å². The van der Waals surface area contributed by atoms with E-state index in [9.17, 15) is 9.59 Å². The Labute approximate surface area is 125 Å². The van der Waals surface area contributed by atoms with Crippen LogP contribution in [0.3, 0.4) is 0 Å². The van der Waals surface area contributed by atoms with Crippen LogP contribution in [-0.4, -0.2) is 47.8 Å². The first-order chi connectivity index (χ1) is 10.0. The van der Waals surface area contributed by atoms with E-state index in [4.69, 9.17) is 5.73 Å². The van der Waals surface area contributed by atoms with E-state index in [1.807, 2.05) is 42.3 Å². The van der Waals surface area contributed by atoms with Gasteiger partial charge >= 0.3 is 0 Å². The average molecular weight is 289 g/mol. The van der Waals surface area contributed by atoms with Gasteiger partial charge in [-0.15, -0.1) is 0 Å². The van der Waals surface area contributed by atoms with Crippen LogP contribution in [0.5, 0.6) is 0 Å². The smallest absolute Gasteiger partial charge is 0.244 e. The van der Waals surface area contributed by atoms with Crippen LogP contribution in [0.2, 0.25) is 0 Å². The molecule has 1 aromatic rings. The maximum Gasteiger partial charge on any atom is 0.244 e. The minimum atomic E-state index is -0.603. The highest BCUT2D eigenvalue weighted by molar-refractivity contribution is 5.83. The molecule has 5 nitrogen and oxygen atoms in total. The van der Waals surface area contributed by atoms with Gasteiger partial charge in [0.15, 0.2) is 0 Å². The molecule has 1 fully saturated rings. The third-order valence-electron chi connectivity index (χ3n) is 4.25. The first-order valence-corrected chi connectivity index (χ1v) is 7.33. The van der Waals surface area contributed by atoms with E-state index in [2.05, 4.69) is 0 Å². The van der Waals surface area contributed by atoms with Gasteiger partial charge in [0, 0.05) is 33.1 Å². The van der Waals surface area contributed by atoms with Crippen LogP contribution in [-0.2, 0) is 9.59 Å². The second-order valence-electron chi connectivity index (χ2n) is 5.57. The highest BCUT2D eigenvalue weighted by atomic mass is 16.2. The number of benzene rings is 1. The Bertz CT molecular complexity index is 496. The molecule has 1 unspecified atom stereocenters. The van der Waals surface area contributed by atoms with Crippen molar-refractivity contribution in [2.24, 2.45) is 5.73 Å². The molecule has 0 saturated carbocycles. The monoisotopic (exact) mass is 289 g/mol. The number of carbonyl (C=O) groups is 2. The zero-order valence-corrected chi connectivity index (χ0v) is 12.7. The van der Waals surface area contributed by atoms with Gasteiger partial charge in [0.25, 0.3) is 0 Å². The molecule has 1 atom stereocenters. The van der Waals surface area contributed by atoms with Crippen LogP contribution in [0.15, 0.2) is 30.3 Å². The number of amides is 2. The first-order valence-electron chi connectivity index (χ1n) is 7.33. The average Bonchev–Trinajstić information content (AvgIpc) is 2.53. The number of carbonyl (C=O) groups excluding carboxylic acids is 2. The van der Waals surface area contributed by atoms with E-state index < -0.39 is 6.04 Å². The number of piperidine rings is 1. The van der Waals surface area contributed by atoms with Crippen molar-refractivity contribution < 1.29 is 9.59 Å². The molecule has 1 heterocycles. The van der Waals surface area contributed by atoms with Crippen LogP contribution in [0.4, 0.5) is 0 Å². The second-order valence-corrected chi connectivity index (χ2v) is 5.57. The highest BCUT2D eigenvalue weighted by Gasteiger charge is 2.29. The zero-order valence-electron chi connectivity index (χ0n) is 12.7. The summed E-state index contributed by atoms with van der Waals surface area (Å²) in [5.41, 5.74) is 6.89. The zero-order chi connectivity index (χ0) is 15.4. The SMILES string of the molecule is CC(=O)N(C)C1CCN(C(=O)C(N)c2ccccc2)CC1. The van der Waals surface area contributed by atoms with Crippen LogP contribution in [0, 0.1) is 0 Å². The Balaban J connectivity index is 1.93. The predicted octanol–water partition coefficient (Wildman–Crippen LogP) is 1.16. The van der Waals surface area contributed by atoms with Crippen LogP contribution in [0.25, 0.3) is 0 Å². The lowest BCUT2D eigenvalue weighted by Crippen LogP contribution is -2.48. The number of hydrogen-bond acceptors (Lipinski definition) is 3. The molecule has 1 aliphatic heterocycles. The molecule has 0 aliphatic carbocycles. The minimum absolute atomic E-state index is 0.0369. The number of likely N-dealkylation sites (tertiary alicyclic amines) is 1. The van der Waals surface area contributed by atoms with Crippen molar-refractivity contribution in [3.8, 4) is 0 Å². The topological polar surface area (TPSA) is 66.6 Å². The van der Waals surface area contributed by atoms with E-state index >= 15 is 0 Å². The summed E-state index contributed by atoms with van der Waals surface area (Å²) in [5.74, 6) is 0.0332. The van der Waals surface area contributed by atoms with E-state index in [-0.39, 0.29) is 17.9 Å². The minimum Gasteiger partial charge on any atom is -0.343 e. The normalized spacial score (nSPS) is 17.4. The second kappa shape index (κ2) is 6.72. The lowest BCUT2D eigenvalue weighted by Gasteiger charge is -2.37. The third kappa shape index (κ3) is 3.61. The van der Waals surface area contributed by atoms with Gasteiger partial charge < -0.3 is 15.5 Å². The van der Waals surface area contributed by atoms with Crippen molar-refractivity contribution in [2.45, 2.75) is 31.8 Å². The molecule has 2 rings (SSSR count). The fraction of sp³-hybridized carbons (Fsp3) is 0.500. The van der Waals surface area contributed by atoms with Gasteiger partial charge in [-0.1, -0.05) is 30.3 Å². The van der Waals surface area contributed by atoms with E-state index in [1.165, 1.54) is 0 Å². The molecule has 1 aliphatic rings. The maximum absolute atomic E-state index is 12.4. The van der Waals surface area contributed by atoms with Crippen molar-refractivity contribution in [3.63, 3.8) is 0 Å². The summed E-state index contributed by atoms with van der Waals surface area (Å²) >= 11 is 0. The van der Waals surface area contributed by atoms with Gasteiger partial charge in [0.05, 0.1) is 0 Å². The van der Waals surface area contributed by atoms with Gasteiger partial charge in [-0.25, -0.2) is 0 Å². The molecule has 114 valence electrons. The summed E-state index contributed by atoms with van der Waals surface area (Å²) in [6, 6.07) is 9.04. The lowest BCUT2D eigenvalue weighted by atomic mass is 10.0. The molecule has 2 N–H and O–H groups in total. The van der Waals surface area contributed by atoms with Crippen molar-refractivity contribution >= 4 is 11.8 Å². The van der Waals surface area contributed by atoms with Crippen LogP contribution in [0.1, 0.15) is 31.4 Å². The van der Waals surface area contributed by atoms with Crippen molar-refractivity contribution in [1.29, 1.82) is 0 Å². The van der Waals surface area contributed by atoms with Gasteiger partial charge in [-0.05, 0) is 18.4 Å². The summed E-state index contributed by atoms with van der Waals surface area (Å²) in [7, 11) is 1.82. The Kier molecular flexibility index (Phi) is 4.96. The Morgan fingerprint density at radius 1 is 1.24 bits per heavy atom. The predicted molar refractivity (Wildman–Crippen MR) is 81.4 cm³/mol. The van der Waals surface area contributed by atoms with Gasteiger partial charge in [-0.3, -0.25) is 9.59 Å². The summed E-state index contributed by atoms with van der Waals surface area (Å²) < 4.78 is 0. The number of rotatable bonds is 3. The fourth-order valence-electron chi connectivity index (χ4n) is 2.73. The highest BCUT2D eigenvalue weighted by Crippen LogP contribution is 2.19. The molecule has 1 saturated heterocycles. The van der Waals surface area contributed by atoms with Gasteiger partial charge in [0.1, 0.15) is 6.04 Å². The number of nitrogens with zero attached hydrogens (tertiary/aromatic N) is 2. The Hall–Kier alpha value is -1.88. The molecule has 5 heteroatoms. The van der Waals surface area contributed by atoms with Gasteiger partial charge in [0.2, 0.25) is 11.8 Å². The standard InChI is InChI=1S/C16H23N3O2/c1-12(20)18(2)14-8-10-19(11-9-14)16(21)15(17)13-6-4-3-5-7-13/h3-7,14-15H,8-11,17H2,1-2H3. The Morgan fingerprint density at radius 2 is 1.81 bits per heavy atom. The van der Waals surface area contributed by atoms with Crippen LogP contribution < -0.4 is 5.73 Å². The third-order valence-corrected chi connectivity index (χ3v) is 4.25. The molecule has 0 radical (unpaired) electrons.